The van der Waals surface area contributed by atoms with Crippen LogP contribution in [0.2, 0.25) is 0 Å². The van der Waals surface area contributed by atoms with Crippen molar-refractivity contribution in [3.05, 3.63) is 0 Å². The smallest absolute Gasteiger partial charge is 0.223 e. The van der Waals surface area contributed by atoms with Crippen LogP contribution in [0.25, 0.3) is 0 Å². The molecule has 0 heterocycles. The van der Waals surface area contributed by atoms with Crippen molar-refractivity contribution in [1.82, 2.24) is 10.6 Å². The van der Waals surface area contributed by atoms with Gasteiger partial charge >= 0.3 is 0 Å². The highest BCUT2D eigenvalue weighted by Crippen LogP contribution is 2.29. The molecule has 26 heavy (non-hydrogen) atoms. The summed E-state index contributed by atoms with van der Waals surface area (Å²) in [4.78, 5) is 24.8. The molecular formula is C20H32F2N2O2. The monoisotopic (exact) mass is 370 g/mol. The second-order valence-corrected chi connectivity index (χ2v) is 8.48. The van der Waals surface area contributed by atoms with E-state index in [0.717, 1.165) is 25.7 Å². The van der Waals surface area contributed by atoms with Crippen LogP contribution in [0, 0.1) is 11.8 Å². The molecule has 6 heteroatoms. The molecule has 3 fully saturated rings. The van der Waals surface area contributed by atoms with Crippen molar-refractivity contribution >= 4 is 11.8 Å². The lowest BCUT2D eigenvalue weighted by atomic mass is 9.85. The predicted molar refractivity (Wildman–Crippen MR) is 96.0 cm³/mol. The fourth-order valence-corrected chi connectivity index (χ4v) is 4.72. The van der Waals surface area contributed by atoms with E-state index < -0.39 is 12.3 Å². The molecule has 2 amide bonds. The molecule has 0 aromatic heterocycles. The highest BCUT2D eigenvalue weighted by atomic mass is 19.1. The molecule has 3 aliphatic rings. The van der Waals surface area contributed by atoms with Crippen LogP contribution in [-0.2, 0) is 9.59 Å². The van der Waals surface area contributed by atoms with Crippen molar-refractivity contribution in [3.63, 3.8) is 0 Å². The Hall–Kier alpha value is -1.20. The Labute approximate surface area is 154 Å². The van der Waals surface area contributed by atoms with Gasteiger partial charge in [-0.3, -0.25) is 9.59 Å². The Bertz CT molecular complexity index is 444. The van der Waals surface area contributed by atoms with E-state index in [0.29, 0.717) is 51.4 Å². The van der Waals surface area contributed by atoms with Gasteiger partial charge in [-0.25, -0.2) is 8.78 Å². The molecule has 2 unspecified atom stereocenters. The van der Waals surface area contributed by atoms with Crippen LogP contribution in [0.5, 0.6) is 0 Å². The van der Waals surface area contributed by atoms with Crippen molar-refractivity contribution in [1.29, 1.82) is 0 Å². The molecule has 2 atom stereocenters. The van der Waals surface area contributed by atoms with E-state index in [2.05, 4.69) is 10.6 Å². The Morgan fingerprint density at radius 2 is 1.00 bits per heavy atom. The molecule has 0 aromatic carbocycles. The number of nitrogens with one attached hydrogen (secondary N) is 2. The van der Waals surface area contributed by atoms with Crippen LogP contribution in [0.3, 0.4) is 0 Å². The van der Waals surface area contributed by atoms with Gasteiger partial charge in [0, 0.05) is 23.9 Å². The first kappa shape index (κ1) is 19.6. The van der Waals surface area contributed by atoms with Crippen LogP contribution in [0.15, 0.2) is 0 Å². The van der Waals surface area contributed by atoms with Gasteiger partial charge in [-0.05, 0) is 77.0 Å². The number of alkyl halides is 2. The summed E-state index contributed by atoms with van der Waals surface area (Å²) in [5.74, 6) is -0.0222. The van der Waals surface area contributed by atoms with E-state index in [1.807, 2.05) is 0 Å². The number of carbonyl (C=O) groups is 2. The average molecular weight is 370 g/mol. The van der Waals surface area contributed by atoms with Gasteiger partial charge in [0.15, 0.2) is 0 Å². The summed E-state index contributed by atoms with van der Waals surface area (Å²) < 4.78 is 26.5. The van der Waals surface area contributed by atoms with Crippen LogP contribution < -0.4 is 10.6 Å². The molecular weight excluding hydrogens is 338 g/mol. The minimum absolute atomic E-state index is 0.0511. The normalized spacial score (nSPS) is 38.4. The molecule has 0 aliphatic heterocycles. The van der Waals surface area contributed by atoms with Crippen LogP contribution >= 0.6 is 0 Å². The molecule has 0 saturated heterocycles. The summed E-state index contributed by atoms with van der Waals surface area (Å²) in [7, 11) is 0. The number of halogens is 2. The maximum Gasteiger partial charge on any atom is 0.223 e. The lowest BCUT2D eigenvalue weighted by molar-refractivity contribution is -0.127. The second kappa shape index (κ2) is 9.14. The first-order valence-corrected chi connectivity index (χ1v) is 10.4. The van der Waals surface area contributed by atoms with Gasteiger partial charge in [0.25, 0.3) is 0 Å². The number of amides is 2. The molecule has 0 spiro atoms. The number of hydrogen-bond donors (Lipinski definition) is 2. The van der Waals surface area contributed by atoms with E-state index in [1.165, 1.54) is 0 Å². The van der Waals surface area contributed by atoms with Crippen molar-refractivity contribution in [2.75, 3.05) is 0 Å². The topological polar surface area (TPSA) is 58.2 Å². The van der Waals surface area contributed by atoms with Gasteiger partial charge in [0.05, 0.1) is 0 Å². The third kappa shape index (κ3) is 5.40. The molecule has 2 N–H and O–H groups in total. The molecule has 4 nitrogen and oxygen atoms in total. The lowest BCUT2D eigenvalue weighted by Crippen LogP contribution is -2.48. The fraction of sp³-hybridized carbons (Fsp3) is 0.900. The van der Waals surface area contributed by atoms with E-state index in [4.69, 9.17) is 0 Å². The quantitative estimate of drug-likeness (QED) is 0.795. The zero-order valence-electron chi connectivity index (χ0n) is 15.5. The third-order valence-electron chi connectivity index (χ3n) is 6.42. The second-order valence-electron chi connectivity index (χ2n) is 8.48. The van der Waals surface area contributed by atoms with Crippen molar-refractivity contribution in [2.24, 2.45) is 11.8 Å². The minimum atomic E-state index is -0.749. The van der Waals surface area contributed by atoms with Crippen LogP contribution in [-0.4, -0.2) is 36.2 Å². The van der Waals surface area contributed by atoms with E-state index >= 15 is 0 Å². The summed E-state index contributed by atoms with van der Waals surface area (Å²) in [5.41, 5.74) is 0. The van der Waals surface area contributed by atoms with E-state index in [9.17, 15) is 18.4 Å². The summed E-state index contributed by atoms with van der Waals surface area (Å²) in [6.45, 7) is 0. The highest BCUT2D eigenvalue weighted by Gasteiger charge is 2.31. The van der Waals surface area contributed by atoms with E-state index in [1.54, 1.807) is 0 Å². The lowest BCUT2D eigenvalue weighted by Gasteiger charge is -2.33. The van der Waals surface area contributed by atoms with Crippen LogP contribution in [0.4, 0.5) is 8.78 Å². The van der Waals surface area contributed by atoms with Gasteiger partial charge in [-0.2, -0.15) is 0 Å². The highest BCUT2D eigenvalue weighted by molar-refractivity contribution is 5.79. The van der Waals surface area contributed by atoms with Gasteiger partial charge in [-0.1, -0.05) is 0 Å². The molecule has 148 valence electrons. The van der Waals surface area contributed by atoms with Gasteiger partial charge in [0.2, 0.25) is 11.8 Å². The number of rotatable bonds is 4. The van der Waals surface area contributed by atoms with E-state index in [-0.39, 0.29) is 35.7 Å². The summed E-state index contributed by atoms with van der Waals surface area (Å²) in [5, 5.41) is 6.26. The Kier molecular flexibility index (Phi) is 6.87. The van der Waals surface area contributed by atoms with Gasteiger partial charge in [0.1, 0.15) is 12.3 Å². The summed E-state index contributed by atoms with van der Waals surface area (Å²) in [6.07, 6.45) is 6.60. The Morgan fingerprint density at radius 1 is 0.615 bits per heavy atom. The maximum atomic E-state index is 13.2. The summed E-state index contributed by atoms with van der Waals surface area (Å²) in [6, 6.07) is 0.178. The molecule has 3 rings (SSSR count). The third-order valence-corrected chi connectivity index (χ3v) is 6.42. The number of hydrogen-bond acceptors (Lipinski definition) is 2. The predicted octanol–water partition coefficient (Wildman–Crippen LogP) is 3.59. The van der Waals surface area contributed by atoms with Gasteiger partial charge < -0.3 is 10.6 Å². The minimum Gasteiger partial charge on any atom is -0.353 e. The van der Waals surface area contributed by atoms with Crippen molar-refractivity contribution in [2.45, 2.75) is 101 Å². The Morgan fingerprint density at radius 3 is 1.38 bits per heavy atom. The first-order valence-electron chi connectivity index (χ1n) is 10.4. The molecule has 0 aromatic rings. The zero-order chi connectivity index (χ0) is 18.5. The maximum absolute atomic E-state index is 13.2. The fourth-order valence-electron chi connectivity index (χ4n) is 4.72. The number of carbonyl (C=O) groups excluding carboxylic acids is 2. The summed E-state index contributed by atoms with van der Waals surface area (Å²) >= 11 is 0. The standard InChI is InChI=1S/C20H32F2N2O2/c21-15-8-4-13(5-9-15)19(25)23-17-2-1-3-18(12-17)24-20(26)14-6-10-16(22)11-7-14/h13-18H,1-12H2,(H,23,25)(H,24,26). The molecule has 0 bridgehead atoms. The SMILES string of the molecule is O=C(NC1CCCC(NC(=O)C2CCC(F)CC2)C1)C1CCC(F)CC1. The van der Waals surface area contributed by atoms with Crippen LogP contribution in [0.1, 0.15) is 77.0 Å². The molecule has 3 aliphatic carbocycles. The van der Waals surface area contributed by atoms with Crippen molar-refractivity contribution in [3.8, 4) is 0 Å². The van der Waals surface area contributed by atoms with Crippen molar-refractivity contribution < 1.29 is 18.4 Å². The average Bonchev–Trinajstić information content (AvgIpc) is 2.63. The first-order chi connectivity index (χ1) is 12.5. The zero-order valence-corrected chi connectivity index (χ0v) is 15.5. The largest absolute Gasteiger partial charge is 0.353 e. The molecule has 3 saturated carbocycles. The molecule has 0 radical (unpaired) electrons. The Balaban J connectivity index is 1.42. The van der Waals surface area contributed by atoms with Gasteiger partial charge in [-0.15, -0.1) is 0 Å².